The van der Waals surface area contributed by atoms with Crippen molar-refractivity contribution in [3.8, 4) is 11.5 Å². The van der Waals surface area contributed by atoms with Crippen LogP contribution in [0.3, 0.4) is 0 Å². The molecule has 2 aromatic rings. The maximum absolute atomic E-state index is 12.4. The lowest BCUT2D eigenvalue weighted by Crippen LogP contribution is -2.27. The van der Waals surface area contributed by atoms with Gasteiger partial charge in [0.1, 0.15) is 17.3 Å². The van der Waals surface area contributed by atoms with E-state index in [4.69, 9.17) is 21.1 Å². The van der Waals surface area contributed by atoms with Gasteiger partial charge in [0.25, 0.3) is 5.91 Å². The van der Waals surface area contributed by atoms with Crippen molar-refractivity contribution in [3.63, 3.8) is 0 Å². The molecule has 5 nitrogen and oxygen atoms in total. The normalized spacial score (nSPS) is 10.1. The Kier molecular flexibility index (Phi) is 4.65. The smallest absolute Gasteiger partial charge is 0.260 e. The van der Waals surface area contributed by atoms with Gasteiger partial charge in [-0.25, -0.2) is 4.98 Å². The summed E-state index contributed by atoms with van der Waals surface area (Å²) in [6.07, 6.45) is 1.55. The van der Waals surface area contributed by atoms with Crippen LogP contribution in [0.1, 0.15) is 10.4 Å². The lowest BCUT2D eigenvalue weighted by atomic mass is 10.2. The van der Waals surface area contributed by atoms with Gasteiger partial charge in [-0.3, -0.25) is 9.69 Å². The van der Waals surface area contributed by atoms with E-state index in [1.165, 1.54) is 4.90 Å². The molecule has 6 heteroatoms. The van der Waals surface area contributed by atoms with Crippen LogP contribution in [0, 0.1) is 0 Å². The Hall–Kier alpha value is -2.27. The molecule has 2 rings (SSSR count). The van der Waals surface area contributed by atoms with Gasteiger partial charge in [0.15, 0.2) is 0 Å². The maximum Gasteiger partial charge on any atom is 0.260 e. The third kappa shape index (κ3) is 3.25. The Morgan fingerprint density at radius 1 is 1.14 bits per heavy atom. The molecule has 0 aliphatic rings. The summed E-state index contributed by atoms with van der Waals surface area (Å²) in [6.45, 7) is 0. The molecular weight excluding hydrogens is 292 g/mol. The molecule has 110 valence electrons. The molecule has 0 aliphatic heterocycles. The average Bonchev–Trinajstić information content (AvgIpc) is 2.53. The lowest BCUT2D eigenvalue weighted by molar-refractivity contribution is 0.0992. The summed E-state index contributed by atoms with van der Waals surface area (Å²) < 4.78 is 10.1. The summed E-state index contributed by atoms with van der Waals surface area (Å²) in [5, 5.41) is 0.333. The van der Waals surface area contributed by atoms with E-state index in [1.807, 2.05) is 0 Å². The number of methoxy groups -OCH3 is 2. The first-order valence-electron chi connectivity index (χ1n) is 6.18. The van der Waals surface area contributed by atoms with E-state index >= 15 is 0 Å². The Balaban J connectivity index is 2.25. The number of amides is 1. The molecule has 0 unspecified atom stereocenters. The van der Waals surface area contributed by atoms with Gasteiger partial charge in [-0.1, -0.05) is 11.6 Å². The molecule has 0 fully saturated rings. The van der Waals surface area contributed by atoms with Gasteiger partial charge in [0.05, 0.1) is 31.0 Å². The van der Waals surface area contributed by atoms with E-state index in [9.17, 15) is 4.79 Å². The van der Waals surface area contributed by atoms with E-state index in [2.05, 4.69) is 4.98 Å². The van der Waals surface area contributed by atoms with Crippen LogP contribution >= 0.6 is 11.6 Å². The van der Waals surface area contributed by atoms with Gasteiger partial charge >= 0.3 is 0 Å². The van der Waals surface area contributed by atoms with Gasteiger partial charge in [0.2, 0.25) is 0 Å². The molecule has 1 aromatic heterocycles. The zero-order chi connectivity index (χ0) is 15.4. The van der Waals surface area contributed by atoms with Crippen molar-refractivity contribution in [2.24, 2.45) is 0 Å². The molecule has 0 saturated carbocycles. The van der Waals surface area contributed by atoms with E-state index in [1.54, 1.807) is 57.8 Å². The molecule has 0 atom stereocenters. The van der Waals surface area contributed by atoms with Crippen LogP contribution in [0.25, 0.3) is 0 Å². The average molecular weight is 307 g/mol. The summed E-state index contributed by atoms with van der Waals surface area (Å²) in [5.74, 6) is 1.48. The van der Waals surface area contributed by atoms with Crippen LogP contribution < -0.4 is 14.4 Å². The fourth-order valence-corrected chi connectivity index (χ4v) is 2.02. The molecule has 0 spiro atoms. The van der Waals surface area contributed by atoms with E-state index < -0.39 is 0 Å². The van der Waals surface area contributed by atoms with E-state index in [0.29, 0.717) is 27.9 Å². The highest BCUT2D eigenvalue weighted by molar-refractivity contribution is 6.34. The van der Waals surface area contributed by atoms with Gasteiger partial charge < -0.3 is 9.47 Å². The Labute approximate surface area is 128 Å². The summed E-state index contributed by atoms with van der Waals surface area (Å²) in [7, 11) is 4.74. The number of hydrogen-bond acceptors (Lipinski definition) is 4. The predicted octanol–water partition coefficient (Wildman–Crippen LogP) is 3.03. The first kappa shape index (κ1) is 15.1. The SMILES string of the molecule is COc1ccc(N(C)C(=O)c2ccc(OC)cc2Cl)nc1. The van der Waals surface area contributed by atoms with Crippen LogP contribution in [0.2, 0.25) is 5.02 Å². The van der Waals surface area contributed by atoms with Crippen LogP contribution in [0.4, 0.5) is 5.82 Å². The topological polar surface area (TPSA) is 51.7 Å². The second kappa shape index (κ2) is 6.45. The number of rotatable bonds is 4. The monoisotopic (exact) mass is 306 g/mol. The highest BCUT2D eigenvalue weighted by Gasteiger charge is 2.18. The number of anilines is 1. The minimum atomic E-state index is -0.250. The molecule has 21 heavy (non-hydrogen) atoms. The van der Waals surface area contributed by atoms with Crippen molar-refractivity contribution in [1.29, 1.82) is 0 Å². The molecule has 0 radical (unpaired) electrons. The zero-order valence-corrected chi connectivity index (χ0v) is 12.7. The first-order valence-corrected chi connectivity index (χ1v) is 6.56. The summed E-state index contributed by atoms with van der Waals surface area (Å²) >= 11 is 6.11. The number of pyridine rings is 1. The Morgan fingerprint density at radius 2 is 1.81 bits per heavy atom. The number of carbonyl (C=O) groups excluding carboxylic acids is 1. The van der Waals surface area contributed by atoms with Gasteiger partial charge in [-0.05, 0) is 30.3 Å². The second-order valence-corrected chi connectivity index (χ2v) is 4.67. The number of nitrogens with zero attached hydrogens (tertiary/aromatic N) is 2. The van der Waals surface area contributed by atoms with E-state index in [0.717, 1.165) is 0 Å². The molecule has 1 heterocycles. The molecule has 0 N–H and O–H groups in total. The Bertz CT molecular complexity index is 644. The highest BCUT2D eigenvalue weighted by atomic mass is 35.5. The minimum absolute atomic E-state index is 0.250. The Morgan fingerprint density at radius 3 is 2.33 bits per heavy atom. The fraction of sp³-hybridized carbons (Fsp3) is 0.200. The van der Waals surface area contributed by atoms with Crippen molar-refractivity contribution in [3.05, 3.63) is 47.1 Å². The van der Waals surface area contributed by atoms with Gasteiger partial charge in [-0.2, -0.15) is 0 Å². The van der Waals surface area contributed by atoms with Crippen molar-refractivity contribution >= 4 is 23.3 Å². The number of halogens is 1. The van der Waals surface area contributed by atoms with Crippen LogP contribution in [0.5, 0.6) is 11.5 Å². The number of hydrogen-bond donors (Lipinski definition) is 0. The molecule has 0 saturated heterocycles. The third-order valence-corrected chi connectivity index (χ3v) is 3.32. The first-order chi connectivity index (χ1) is 10.1. The third-order valence-electron chi connectivity index (χ3n) is 3.01. The molecule has 1 aromatic carbocycles. The number of aromatic nitrogens is 1. The molecule has 0 bridgehead atoms. The van der Waals surface area contributed by atoms with E-state index in [-0.39, 0.29) is 5.91 Å². The highest BCUT2D eigenvalue weighted by Crippen LogP contribution is 2.25. The molecular formula is C15H15ClN2O3. The maximum atomic E-state index is 12.4. The fourth-order valence-electron chi connectivity index (χ4n) is 1.77. The second-order valence-electron chi connectivity index (χ2n) is 4.27. The molecule has 0 aliphatic carbocycles. The molecule has 1 amide bonds. The zero-order valence-electron chi connectivity index (χ0n) is 12.0. The quantitative estimate of drug-likeness (QED) is 0.871. The largest absolute Gasteiger partial charge is 0.497 e. The van der Waals surface area contributed by atoms with Gasteiger partial charge in [-0.15, -0.1) is 0 Å². The lowest BCUT2D eigenvalue weighted by Gasteiger charge is -2.17. The van der Waals surface area contributed by atoms with Crippen LogP contribution in [0.15, 0.2) is 36.5 Å². The van der Waals surface area contributed by atoms with Crippen molar-refractivity contribution in [2.45, 2.75) is 0 Å². The van der Waals surface area contributed by atoms with Crippen molar-refractivity contribution < 1.29 is 14.3 Å². The summed E-state index contributed by atoms with van der Waals surface area (Å²) in [5.41, 5.74) is 0.387. The number of ether oxygens (including phenoxy) is 2. The number of benzene rings is 1. The summed E-state index contributed by atoms with van der Waals surface area (Å²) in [4.78, 5) is 18.0. The number of carbonyl (C=O) groups is 1. The van der Waals surface area contributed by atoms with Crippen LogP contribution in [-0.2, 0) is 0 Å². The van der Waals surface area contributed by atoms with Crippen molar-refractivity contribution in [1.82, 2.24) is 4.98 Å². The minimum Gasteiger partial charge on any atom is -0.497 e. The standard InChI is InChI=1S/C15H15ClN2O3/c1-18(14-7-5-11(21-3)9-17-14)15(19)12-6-4-10(20-2)8-13(12)16/h4-9H,1-3H3. The summed E-state index contributed by atoms with van der Waals surface area (Å²) in [6, 6.07) is 8.36. The predicted molar refractivity (Wildman–Crippen MR) is 81.5 cm³/mol. The van der Waals surface area contributed by atoms with Crippen molar-refractivity contribution in [2.75, 3.05) is 26.2 Å². The van der Waals surface area contributed by atoms with Gasteiger partial charge in [0, 0.05) is 7.05 Å². The van der Waals surface area contributed by atoms with Crippen LogP contribution in [-0.4, -0.2) is 32.2 Å².